The molecule has 0 unspecified atom stereocenters. The smallest absolute Gasteiger partial charge is 0.307 e. The minimum atomic E-state index is -0.527. The Morgan fingerprint density at radius 3 is 0.953 bits per heavy atom. The van der Waals surface area contributed by atoms with Crippen LogP contribution in [0.25, 0.3) is 164 Å². The Hall–Kier alpha value is -21.4. The third kappa shape index (κ3) is 15.9. The Kier molecular flexibility index (Phi) is 23.1. The molecule has 688 valence electrons. The van der Waals surface area contributed by atoms with Gasteiger partial charge in [0.25, 0.3) is 0 Å². The molecule has 0 bridgehead atoms. The van der Waals surface area contributed by atoms with Crippen LogP contribution in [0.2, 0.25) is 0 Å². The number of nitriles is 4. The lowest BCUT2D eigenvalue weighted by Gasteiger charge is -2.35. The normalized spacial score (nSPS) is 11.5. The first-order valence-corrected chi connectivity index (χ1v) is 48.1. The van der Waals surface area contributed by atoms with Crippen molar-refractivity contribution in [2.24, 2.45) is 0 Å². The predicted octanol–water partition coefficient (Wildman–Crippen LogP) is 33.5. The zero-order valence-electron chi connectivity index (χ0n) is 79.0. The quantitative estimate of drug-likeness (QED) is 0.0649. The molecule has 0 aliphatic heterocycles. The molecule has 0 fully saturated rings. The first-order chi connectivity index (χ1) is 73.1. The lowest BCUT2D eigenvalue weighted by molar-refractivity contribution is 0.669. The molecule has 0 saturated carbocycles. The van der Waals surface area contributed by atoms with Gasteiger partial charge in [0.2, 0.25) is 11.0 Å². The molecule has 0 radical (unpaired) electrons. The summed E-state index contributed by atoms with van der Waals surface area (Å²) in [6, 6.07) is 175. The Labute approximate surface area is 850 Å². The number of rotatable bonds is 16. The highest BCUT2D eigenvalue weighted by molar-refractivity contribution is 6.19. The first kappa shape index (κ1) is 89.3. The van der Waals surface area contributed by atoms with Crippen molar-refractivity contribution in [3.05, 3.63) is 535 Å². The Bertz CT molecular complexity index is 9140. The number of fused-ring (bicyclic) bond motifs is 16. The summed E-state index contributed by atoms with van der Waals surface area (Å²) in [5, 5.41) is 44.1. The molecule has 17 heteroatoms. The van der Waals surface area contributed by atoms with Crippen LogP contribution in [0.1, 0.15) is 45.0 Å². The van der Waals surface area contributed by atoms with E-state index in [-0.39, 0.29) is 67.5 Å². The molecule has 17 nitrogen and oxygen atoms in total. The number of anilines is 9. The standard InChI is InChI=1S/C61H39NO2.C52H38N2.C18N12/c1-3-15-42(16-4-1)61(43-17-5-2-6-18-43)55-26-10-7-19-49(55)50-38-37-46(39-56(50)61)62(44-33-29-40(30-34-44)47-22-13-24-53-51-20-8-11-27-57(51)63-59(47)53)45-35-31-41(32-36-45)48-23-14-25-54-52-21-9-12-28-58(52)64-60(48)54;1-4-13-39(14-5-1)41-23-31-47(32-24-41)53(48-33-25-42(26-34-48)40-15-6-2-7-16-40)49-35-27-43(28-36-49)44-29-37-50(38-30-44)54(46-19-8-3-9-20-46)52-22-12-18-45-17-10-11-21-51(45)52;1-23-17-9(5-21)27-13-11-12(26-8(4-20)7(3-19)25-11)14-16(15(13)29-17)30-18(24-2)10(6-22)28-14/h1-39H;1-38H;. The second-order valence-corrected chi connectivity index (χ2v) is 35.6. The highest BCUT2D eigenvalue weighted by atomic mass is 16.3. The second kappa shape index (κ2) is 38.3. The summed E-state index contributed by atoms with van der Waals surface area (Å²) < 4.78 is 13.0. The third-order valence-corrected chi connectivity index (χ3v) is 27.4. The molecular formula is C131H77N15O2. The van der Waals surface area contributed by atoms with E-state index in [1.807, 2.05) is 24.3 Å². The summed E-state index contributed by atoms with van der Waals surface area (Å²) in [5.74, 6) is -0.605. The van der Waals surface area contributed by atoms with Gasteiger partial charge in [0.1, 0.15) is 68.7 Å². The molecule has 1 aliphatic carbocycles. The largest absolute Gasteiger partial charge is 0.455 e. The van der Waals surface area contributed by atoms with Crippen molar-refractivity contribution in [3.8, 4) is 91.0 Å². The van der Waals surface area contributed by atoms with E-state index < -0.39 is 5.41 Å². The van der Waals surface area contributed by atoms with Gasteiger partial charge in [-0.1, -0.05) is 365 Å². The molecule has 0 atom stereocenters. The van der Waals surface area contributed by atoms with E-state index in [0.717, 1.165) is 117 Å². The second-order valence-electron chi connectivity index (χ2n) is 35.6. The van der Waals surface area contributed by atoms with E-state index in [1.54, 1.807) is 24.3 Å². The summed E-state index contributed by atoms with van der Waals surface area (Å²) in [5.41, 5.74) is 30.8. The molecule has 26 rings (SSSR count). The molecule has 20 aromatic carbocycles. The number of nitrogens with zero attached hydrogens (tertiary/aromatic N) is 15. The Morgan fingerprint density at radius 2 is 0.527 bits per heavy atom. The van der Waals surface area contributed by atoms with Gasteiger partial charge in [-0.2, -0.15) is 21.0 Å². The van der Waals surface area contributed by atoms with Gasteiger partial charge >= 0.3 is 11.6 Å². The van der Waals surface area contributed by atoms with Gasteiger partial charge in [0.05, 0.1) is 11.1 Å². The molecule has 0 amide bonds. The molecule has 148 heavy (non-hydrogen) atoms. The molecule has 1 aliphatic rings. The fourth-order valence-electron chi connectivity index (χ4n) is 20.6. The highest BCUT2D eigenvalue weighted by Gasteiger charge is 2.47. The summed E-state index contributed by atoms with van der Waals surface area (Å²) in [6.45, 7) is 14.5. The van der Waals surface area contributed by atoms with Crippen molar-refractivity contribution < 1.29 is 8.83 Å². The van der Waals surface area contributed by atoms with Gasteiger partial charge in [-0.25, -0.2) is 19.9 Å². The maximum Gasteiger partial charge on any atom is 0.307 e. The van der Waals surface area contributed by atoms with Crippen LogP contribution >= 0.6 is 0 Å². The SMILES string of the molecule is [C-]#[N+]c1nc2c(nc1C#N)c1nc(C#N)c(C#N)nc1c1nc(C#N)c([N+]#[C-])nc12.c1ccc(-c2ccc(N(c3ccc(-c4ccccc4)cc3)c3ccc(-c4ccc(N(c5ccccc5)c5cccc6ccccc56)cc4)cc3)cc2)cc1.c1ccc(C2(c3ccccc3)c3ccccc3-c3ccc(N(c4ccc(-c5cccc6c5oc5ccccc56)cc4)c4ccc(-c5cccc6c5oc5ccccc56)cc4)cc32)cc1. The van der Waals surface area contributed by atoms with Gasteiger partial charge in [-0.15, -0.1) is 9.97 Å². The van der Waals surface area contributed by atoms with Crippen LogP contribution in [0.4, 0.5) is 62.8 Å². The number of furan rings is 2. The molecular weight excluding hydrogens is 1820 g/mol. The zero-order chi connectivity index (χ0) is 99.7. The van der Waals surface area contributed by atoms with E-state index >= 15 is 0 Å². The van der Waals surface area contributed by atoms with E-state index in [4.69, 9.17) is 22.0 Å². The summed E-state index contributed by atoms with van der Waals surface area (Å²) in [4.78, 5) is 38.2. The van der Waals surface area contributed by atoms with Gasteiger partial charge in [0, 0.05) is 83.6 Å². The topological polar surface area (TPSA) is 217 Å². The number of hydrogen-bond donors (Lipinski definition) is 0. The molecule has 0 saturated heterocycles. The third-order valence-electron chi connectivity index (χ3n) is 27.4. The van der Waals surface area contributed by atoms with Crippen LogP contribution in [-0.2, 0) is 5.41 Å². The van der Waals surface area contributed by atoms with E-state index in [1.165, 1.54) is 77.5 Å². The van der Waals surface area contributed by atoms with Crippen molar-refractivity contribution >= 4 is 151 Å². The van der Waals surface area contributed by atoms with Gasteiger partial charge in [0.15, 0.2) is 22.8 Å². The molecule has 5 heterocycles. The average molecular weight is 1890 g/mol. The molecule has 25 aromatic rings. The summed E-state index contributed by atoms with van der Waals surface area (Å²) >= 11 is 0. The van der Waals surface area contributed by atoms with E-state index in [2.05, 4.69) is 497 Å². The van der Waals surface area contributed by atoms with Gasteiger partial charge in [-0.3, -0.25) is 0 Å². The molecule has 0 spiro atoms. The number of aromatic nitrogens is 6. The molecule has 0 N–H and O–H groups in total. The van der Waals surface area contributed by atoms with E-state index in [0.29, 0.717) is 0 Å². The van der Waals surface area contributed by atoms with Crippen molar-refractivity contribution in [3.63, 3.8) is 0 Å². The Balaban J connectivity index is 0.000000126. The predicted molar refractivity (Wildman–Crippen MR) is 591 cm³/mol. The Morgan fingerprint density at radius 1 is 0.230 bits per heavy atom. The number of para-hydroxylation sites is 5. The maximum atomic E-state index is 9.30. The zero-order valence-corrected chi connectivity index (χ0v) is 79.0. The minimum absolute atomic E-state index is 0.00714. The van der Waals surface area contributed by atoms with Gasteiger partial charge < -0.3 is 33.2 Å². The van der Waals surface area contributed by atoms with Crippen LogP contribution < -0.4 is 14.7 Å². The van der Waals surface area contributed by atoms with Crippen LogP contribution in [0.5, 0.6) is 0 Å². The lowest BCUT2D eigenvalue weighted by Crippen LogP contribution is -2.28. The number of hydrogen-bond acceptors (Lipinski definition) is 15. The average Bonchev–Trinajstić information content (AvgIpc) is 1.53. The maximum absolute atomic E-state index is 9.30. The number of benzene rings is 20. The van der Waals surface area contributed by atoms with Gasteiger partial charge in [-0.05, 0) is 199 Å². The minimum Gasteiger partial charge on any atom is -0.455 e. The van der Waals surface area contributed by atoms with Crippen LogP contribution in [0, 0.1) is 58.5 Å². The van der Waals surface area contributed by atoms with Crippen LogP contribution in [-0.4, -0.2) is 29.9 Å². The monoisotopic (exact) mass is 1890 g/mol. The first-order valence-electron chi connectivity index (χ1n) is 48.1. The fourth-order valence-corrected chi connectivity index (χ4v) is 20.6. The van der Waals surface area contributed by atoms with Crippen LogP contribution in [0.3, 0.4) is 0 Å². The fraction of sp³-hybridized carbons (Fsp3) is 0.00763. The molecule has 5 aromatic heterocycles. The van der Waals surface area contributed by atoms with Crippen molar-refractivity contribution in [2.45, 2.75) is 5.41 Å². The van der Waals surface area contributed by atoms with Crippen LogP contribution in [0.15, 0.2) is 476 Å². The van der Waals surface area contributed by atoms with Crippen molar-refractivity contribution in [1.82, 2.24) is 29.9 Å². The van der Waals surface area contributed by atoms with Crippen molar-refractivity contribution in [1.29, 1.82) is 21.0 Å². The summed E-state index contributed by atoms with van der Waals surface area (Å²) in [7, 11) is 0. The van der Waals surface area contributed by atoms with Crippen molar-refractivity contribution in [2.75, 3.05) is 14.7 Å². The highest BCUT2D eigenvalue weighted by Crippen LogP contribution is 2.58. The summed E-state index contributed by atoms with van der Waals surface area (Å²) in [6.07, 6.45) is 0. The lowest BCUT2D eigenvalue weighted by atomic mass is 9.67. The van der Waals surface area contributed by atoms with E-state index in [9.17, 15) is 21.0 Å².